The average molecular weight is 494 g/mol. The zero-order valence-corrected chi connectivity index (χ0v) is 20.1. The summed E-state index contributed by atoms with van der Waals surface area (Å²) < 4.78 is 53.9. The molecule has 0 bridgehead atoms. The molecule has 1 saturated heterocycles. The minimum atomic E-state index is -3.83. The van der Waals surface area contributed by atoms with Crippen LogP contribution in [0.2, 0.25) is 0 Å². The van der Waals surface area contributed by atoms with Gasteiger partial charge in [0.1, 0.15) is 27.5 Å². The van der Waals surface area contributed by atoms with Crippen molar-refractivity contribution in [3.63, 3.8) is 0 Å². The van der Waals surface area contributed by atoms with Crippen molar-refractivity contribution in [3.8, 4) is 11.5 Å². The molecule has 1 atom stereocenters. The van der Waals surface area contributed by atoms with Crippen molar-refractivity contribution >= 4 is 37.5 Å². The Labute approximate surface area is 194 Å². The Morgan fingerprint density at radius 3 is 2.45 bits per heavy atom. The Bertz CT molecular complexity index is 1360. The first kappa shape index (κ1) is 23.4. The van der Waals surface area contributed by atoms with Crippen molar-refractivity contribution in [1.29, 1.82) is 0 Å². The van der Waals surface area contributed by atoms with Gasteiger partial charge in [0.15, 0.2) is 4.80 Å². The zero-order valence-electron chi connectivity index (χ0n) is 18.4. The minimum Gasteiger partial charge on any atom is -0.495 e. The first-order valence-electron chi connectivity index (χ1n) is 10.3. The Balaban J connectivity index is 1.64. The third-order valence-corrected chi connectivity index (χ3v) is 8.73. The summed E-state index contributed by atoms with van der Waals surface area (Å²) in [7, 11) is 1.10. The van der Waals surface area contributed by atoms with Crippen LogP contribution in [-0.4, -0.2) is 50.5 Å². The molecule has 176 valence electrons. The molecule has 4 rings (SSSR count). The summed E-state index contributed by atoms with van der Waals surface area (Å²) in [6, 6.07) is 8.27. The van der Waals surface area contributed by atoms with E-state index in [2.05, 4.69) is 4.99 Å². The van der Waals surface area contributed by atoms with Gasteiger partial charge in [0.25, 0.3) is 5.91 Å². The van der Waals surface area contributed by atoms with Crippen molar-refractivity contribution in [2.24, 2.45) is 18.0 Å². The molecule has 1 unspecified atom stereocenters. The van der Waals surface area contributed by atoms with Crippen molar-refractivity contribution in [2.45, 2.75) is 17.7 Å². The topological polar surface area (TPSA) is 90.2 Å². The van der Waals surface area contributed by atoms with Gasteiger partial charge < -0.3 is 14.0 Å². The zero-order chi connectivity index (χ0) is 23.8. The van der Waals surface area contributed by atoms with E-state index >= 15 is 0 Å². The summed E-state index contributed by atoms with van der Waals surface area (Å²) in [6.07, 6.45) is 1.07. The predicted molar refractivity (Wildman–Crippen MR) is 122 cm³/mol. The summed E-state index contributed by atoms with van der Waals surface area (Å²) in [4.78, 5) is 17.9. The van der Waals surface area contributed by atoms with Crippen LogP contribution in [-0.2, 0) is 21.9 Å². The molecule has 1 aromatic heterocycles. The maximum absolute atomic E-state index is 13.2. The van der Waals surface area contributed by atoms with Crippen LogP contribution in [0.1, 0.15) is 12.8 Å². The number of carbonyl (C=O) groups excluding carboxylic acids is 1. The number of aryl methyl sites for hydroxylation is 1. The van der Waals surface area contributed by atoms with Crippen LogP contribution in [0.4, 0.5) is 4.39 Å². The number of sulfonamides is 1. The molecule has 1 aliphatic rings. The molecular formula is C22H24FN3O5S2. The van der Waals surface area contributed by atoms with Crippen LogP contribution in [0.25, 0.3) is 10.2 Å². The third kappa shape index (κ3) is 4.40. The fourth-order valence-electron chi connectivity index (χ4n) is 3.93. The monoisotopic (exact) mass is 493 g/mol. The second kappa shape index (κ2) is 9.24. The number of fused-ring (bicyclic) bond motifs is 1. The molecule has 11 heteroatoms. The number of aromatic nitrogens is 1. The Kier molecular flexibility index (Phi) is 6.55. The lowest BCUT2D eigenvalue weighted by Gasteiger charge is -2.30. The van der Waals surface area contributed by atoms with Crippen molar-refractivity contribution in [1.82, 2.24) is 8.87 Å². The lowest BCUT2D eigenvalue weighted by atomic mass is 9.99. The minimum absolute atomic E-state index is 0.00374. The molecule has 0 radical (unpaired) electrons. The van der Waals surface area contributed by atoms with E-state index in [1.165, 1.54) is 27.8 Å². The van der Waals surface area contributed by atoms with Gasteiger partial charge in [-0.1, -0.05) is 11.3 Å². The number of halogens is 1. The van der Waals surface area contributed by atoms with Crippen LogP contribution in [0.15, 0.2) is 46.3 Å². The molecule has 0 aliphatic carbocycles. The van der Waals surface area contributed by atoms with Gasteiger partial charge in [-0.3, -0.25) is 4.79 Å². The summed E-state index contributed by atoms with van der Waals surface area (Å²) in [6.45, 7) is 0.331. The largest absolute Gasteiger partial charge is 0.495 e. The predicted octanol–water partition coefficient (Wildman–Crippen LogP) is 2.92. The molecule has 1 amide bonds. The Morgan fingerprint density at radius 2 is 1.79 bits per heavy atom. The molecule has 3 aromatic rings. The first-order chi connectivity index (χ1) is 15.8. The number of carbonyl (C=O) groups is 1. The highest BCUT2D eigenvalue weighted by atomic mass is 32.2. The summed E-state index contributed by atoms with van der Waals surface area (Å²) in [5, 5.41) is 0. The molecule has 2 aromatic carbocycles. The SMILES string of the molecule is COc1ccc(OC)c2c1sc(=NC(=O)C1CCCN(S(=O)(=O)c3ccc(F)cc3)C1)n2C. The van der Waals surface area contributed by atoms with E-state index in [0.29, 0.717) is 35.7 Å². The van der Waals surface area contributed by atoms with E-state index in [-0.39, 0.29) is 17.3 Å². The van der Waals surface area contributed by atoms with Crippen molar-refractivity contribution in [3.05, 3.63) is 47.0 Å². The van der Waals surface area contributed by atoms with E-state index in [4.69, 9.17) is 9.47 Å². The number of nitrogens with zero attached hydrogens (tertiary/aromatic N) is 3. The maximum atomic E-state index is 13.2. The van der Waals surface area contributed by atoms with E-state index in [0.717, 1.165) is 22.3 Å². The third-order valence-electron chi connectivity index (χ3n) is 5.70. The van der Waals surface area contributed by atoms with Gasteiger partial charge in [0.05, 0.1) is 25.0 Å². The molecule has 2 heterocycles. The van der Waals surface area contributed by atoms with Gasteiger partial charge in [-0.15, -0.1) is 0 Å². The number of rotatable bonds is 5. The molecule has 0 N–H and O–H groups in total. The number of benzene rings is 2. The molecular weight excluding hydrogens is 469 g/mol. The lowest BCUT2D eigenvalue weighted by Crippen LogP contribution is -2.42. The van der Waals surface area contributed by atoms with Gasteiger partial charge in [-0.2, -0.15) is 9.30 Å². The van der Waals surface area contributed by atoms with Crippen molar-refractivity contribution in [2.75, 3.05) is 27.3 Å². The highest BCUT2D eigenvalue weighted by Crippen LogP contribution is 2.34. The van der Waals surface area contributed by atoms with E-state index in [9.17, 15) is 17.6 Å². The number of hydrogen-bond donors (Lipinski definition) is 0. The van der Waals surface area contributed by atoms with Gasteiger partial charge >= 0.3 is 0 Å². The second-order valence-corrected chi connectivity index (χ2v) is 10.6. The Morgan fingerprint density at radius 1 is 1.12 bits per heavy atom. The van der Waals surface area contributed by atoms with E-state index < -0.39 is 21.8 Å². The first-order valence-corrected chi connectivity index (χ1v) is 12.6. The molecule has 8 nitrogen and oxygen atoms in total. The number of piperidine rings is 1. The van der Waals surface area contributed by atoms with Crippen LogP contribution in [0.5, 0.6) is 11.5 Å². The lowest BCUT2D eigenvalue weighted by molar-refractivity contribution is -0.122. The van der Waals surface area contributed by atoms with E-state index in [1.807, 2.05) is 0 Å². The van der Waals surface area contributed by atoms with E-state index in [1.54, 1.807) is 38.0 Å². The smallest absolute Gasteiger partial charge is 0.252 e. The van der Waals surface area contributed by atoms with Crippen LogP contribution < -0.4 is 14.3 Å². The van der Waals surface area contributed by atoms with Gasteiger partial charge in [0, 0.05) is 20.1 Å². The van der Waals surface area contributed by atoms with Crippen LogP contribution in [0, 0.1) is 11.7 Å². The van der Waals surface area contributed by atoms with Gasteiger partial charge in [0.2, 0.25) is 10.0 Å². The number of thiazole rings is 1. The average Bonchev–Trinajstić information content (AvgIpc) is 3.15. The number of hydrogen-bond acceptors (Lipinski definition) is 6. The second-order valence-electron chi connectivity index (χ2n) is 7.70. The fraction of sp³-hybridized carbons (Fsp3) is 0.364. The normalized spacial score (nSPS) is 17.9. The fourth-order valence-corrected chi connectivity index (χ4v) is 6.59. The van der Waals surface area contributed by atoms with Gasteiger partial charge in [-0.25, -0.2) is 12.8 Å². The molecule has 0 spiro atoms. The quantitative estimate of drug-likeness (QED) is 0.545. The van der Waals surface area contributed by atoms with Crippen LogP contribution in [0.3, 0.4) is 0 Å². The Hall–Kier alpha value is -2.76. The molecule has 33 heavy (non-hydrogen) atoms. The molecule has 0 saturated carbocycles. The van der Waals surface area contributed by atoms with Crippen molar-refractivity contribution < 1.29 is 27.1 Å². The molecule has 1 fully saturated rings. The maximum Gasteiger partial charge on any atom is 0.252 e. The standard InChI is InChI=1S/C22H24FN3O5S2/c1-25-19-17(30-2)10-11-18(31-3)20(19)32-22(25)24-21(27)14-5-4-12-26(13-14)33(28,29)16-8-6-15(23)7-9-16/h6-11,14H,4-5,12-13H2,1-3H3. The summed E-state index contributed by atoms with van der Waals surface area (Å²) in [5.74, 6) is -0.178. The number of ether oxygens (including phenoxy) is 2. The summed E-state index contributed by atoms with van der Waals surface area (Å²) >= 11 is 1.30. The highest BCUT2D eigenvalue weighted by molar-refractivity contribution is 7.89. The number of amides is 1. The van der Waals surface area contributed by atoms with Crippen LogP contribution >= 0.6 is 11.3 Å². The van der Waals surface area contributed by atoms with Gasteiger partial charge in [-0.05, 0) is 49.2 Å². The highest BCUT2D eigenvalue weighted by Gasteiger charge is 2.33. The molecule has 1 aliphatic heterocycles. The summed E-state index contributed by atoms with van der Waals surface area (Å²) in [5.41, 5.74) is 0.762. The number of methoxy groups -OCH3 is 2.